The van der Waals surface area contributed by atoms with Crippen molar-refractivity contribution in [2.24, 2.45) is 0 Å². The minimum absolute atomic E-state index is 0.661. The number of hydrogen-bond acceptors (Lipinski definition) is 3. The number of hydrogen-bond donors (Lipinski definition) is 2. The van der Waals surface area contributed by atoms with Gasteiger partial charge in [0.15, 0.2) is 0 Å². The first-order valence-electron chi connectivity index (χ1n) is 7.34. The Morgan fingerprint density at radius 2 is 1.77 bits per heavy atom. The van der Waals surface area contributed by atoms with Gasteiger partial charge in [-0.1, -0.05) is 30.3 Å². The van der Waals surface area contributed by atoms with Gasteiger partial charge in [-0.2, -0.15) is 5.10 Å². The largest absolute Gasteiger partial charge is 0.492 e. The summed E-state index contributed by atoms with van der Waals surface area (Å²) in [5.74, 6) is 0.889. The average molecular weight is 293 g/mol. The van der Waals surface area contributed by atoms with E-state index in [9.17, 15) is 0 Å². The molecule has 4 nitrogen and oxygen atoms in total. The highest BCUT2D eigenvalue weighted by molar-refractivity contribution is 5.72. The molecular formula is C18H19N3O. The fraction of sp³-hybridized carbons (Fsp3) is 0.167. The van der Waals surface area contributed by atoms with Gasteiger partial charge in [0.05, 0.1) is 5.69 Å². The zero-order valence-electron chi connectivity index (χ0n) is 12.5. The second-order valence-corrected chi connectivity index (χ2v) is 5.03. The standard InChI is InChI=1S/C18H19N3O/c1-19-10-11-22-17-7-3-5-15(13-17)14-4-2-6-16(12-14)18-8-9-20-21-18/h2-9,12-13,19H,10-11H2,1H3,(H,20,21). The summed E-state index contributed by atoms with van der Waals surface area (Å²) in [6, 6.07) is 18.5. The Morgan fingerprint density at radius 1 is 1.00 bits per heavy atom. The highest BCUT2D eigenvalue weighted by Crippen LogP contribution is 2.27. The minimum Gasteiger partial charge on any atom is -0.492 e. The van der Waals surface area contributed by atoms with E-state index in [1.54, 1.807) is 6.20 Å². The van der Waals surface area contributed by atoms with Crippen LogP contribution in [0, 0.1) is 0 Å². The van der Waals surface area contributed by atoms with Crippen LogP contribution >= 0.6 is 0 Å². The summed E-state index contributed by atoms with van der Waals surface area (Å²) in [6.07, 6.45) is 1.76. The maximum Gasteiger partial charge on any atom is 0.119 e. The van der Waals surface area contributed by atoms with Gasteiger partial charge in [-0.3, -0.25) is 5.10 Å². The van der Waals surface area contributed by atoms with Gasteiger partial charge in [0, 0.05) is 18.3 Å². The summed E-state index contributed by atoms with van der Waals surface area (Å²) < 4.78 is 5.73. The van der Waals surface area contributed by atoms with Crippen LogP contribution < -0.4 is 10.1 Å². The van der Waals surface area contributed by atoms with Crippen molar-refractivity contribution in [3.8, 4) is 28.1 Å². The van der Waals surface area contributed by atoms with E-state index in [2.05, 4.69) is 51.9 Å². The highest BCUT2D eigenvalue weighted by Gasteiger charge is 2.04. The molecular weight excluding hydrogens is 274 g/mol. The number of aromatic amines is 1. The smallest absolute Gasteiger partial charge is 0.119 e. The predicted molar refractivity (Wildman–Crippen MR) is 88.9 cm³/mol. The molecule has 112 valence electrons. The zero-order chi connectivity index (χ0) is 15.2. The van der Waals surface area contributed by atoms with Crippen LogP contribution in [-0.4, -0.2) is 30.4 Å². The van der Waals surface area contributed by atoms with Crippen molar-refractivity contribution < 1.29 is 4.74 Å². The van der Waals surface area contributed by atoms with Crippen LogP contribution in [-0.2, 0) is 0 Å². The lowest BCUT2D eigenvalue weighted by Crippen LogP contribution is -2.15. The van der Waals surface area contributed by atoms with Gasteiger partial charge in [0.1, 0.15) is 12.4 Å². The van der Waals surface area contributed by atoms with Gasteiger partial charge in [-0.05, 0) is 42.4 Å². The van der Waals surface area contributed by atoms with E-state index in [0.717, 1.165) is 34.7 Å². The number of likely N-dealkylation sites (N-methyl/N-ethyl adjacent to an activating group) is 1. The third-order valence-corrected chi connectivity index (χ3v) is 3.46. The third-order valence-electron chi connectivity index (χ3n) is 3.46. The Balaban J connectivity index is 1.85. The molecule has 1 aromatic heterocycles. The second kappa shape index (κ2) is 6.91. The zero-order valence-corrected chi connectivity index (χ0v) is 12.5. The molecule has 0 saturated heterocycles. The molecule has 4 heteroatoms. The molecule has 0 radical (unpaired) electrons. The molecule has 0 saturated carbocycles. The number of aromatic nitrogens is 2. The van der Waals surface area contributed by atoms with Crippen LogP contribution in [0.5, 0.6) is 5.75 Å². The predicted octanol–water partition coefficient (Wildman–Crippen LogP) is 3.34. The Morgan fingerprint density at radius 3 is 2.55 bits per heavy atom. The summed E-state index contributed by atoms with van der Waals surface area (Å²) in [4.78, 5) is 0. The molecule has 3 aromatic rings. The van der Waals surface area contributed by atoms with Crippen molar-refractivity contribution in [3.05, 3.63) is 60.8 Å². The van der Waals surface area contributed by atoms with Crippen molar-refractivity contribution in [3.63, 3.8) is 0 Å². The number of nitrogens with zero attached hydrogens (tertiary/aromatic N) is 1. The summed E-state index contributed by atoms with van der Waals surface area (Å²) >= 11 is 0. The van der Waals surface area contributed by atoms with Crippen molar-refractivity contribution >= 4 is 0 Å². The van der Waals surface area contributed by atoms with E-state index >= 15 is 0 Å². The molecule has 0 aliphatic heterocycles. The van der Waals surface area contributed by atoms with Gasteiger partial charge in [-0.15, -0.1) is 0 Å². The molecule has 1 heterocycles. The van der Waals surface area contributed by atoms with Gasteiger partial charge in [0.2, 0.25) is 0 Å². The van der Waals surface area contributed by atoms with Crippen molar-refractivity contribution in [2.45, 2.75) is 0 Å². The molecule has 0 amide bonds. The average Bonchev–Trinajstić information content (AvgIpc) is 3.10. The summed E-state index contributed by atoms with van der Waals surface area (Å²) in [5.41, 5.74) is 4.44. The Hall–Kier alpha value is -2.59. The van der Waals surface area contributed by atoms with E-state index in [0.29, 0.717) is 6.61 Å². The molecule has 2 aromatic carbocycles. The highest BCUT2D eigenvalue weighted by atomic mass is 16.5. The van der Waals surface area contributed by atoms with Crippen molar-refractivity contribution in [1.29, 1.82) is 0 Å². The number of benzene rings is 2. The lowest BCUT2D eigenvalue weighted by atomic mass is 10.0. The first-order chi connectivity index (χ1) is 10.9. The fourth-order valence-corrected chi connectivity index (χ4v) is 2.32. The first kappa shape index (κ1) is 14.4. The number of ether oxygens (including phenoxy) is 1. The maximum atomic E-state index is 5.73. The second-order valence-electron chi connectivity index (χ2n) is 5.03. The van der Waals surface area contributed by atoms with Crippen LogP contribution in [0.15, 0.2) is 60.8 Å². The van der Waals surface area contributed by atoms with E-state index in [1.165, 1.54) is 0 Å². The van der Waals surface area contributed by atoms with Gasteiger partial charge in [-0.25, -0.2) is 0 Å². The van der Waals surface area contributed by atoms with E-state index in [-0.39, 0.29) is 0 Å². The molecule has 2 N–H and O–H groups in total. The Kier molecular flexibility index (Phi) is 4.51. The van der Waals surface area contributed by atoms with Crippen LogP contribution in [0.2, 0.25) is 0 Å². The van der Waals surface area contributed by atoms with E-state index in [4.69, 9.17) is 4.74 Å². The minimum atomic E-state index is 0.661. The van der Waals surface area contributed by atoms with Gasteiger partial charge < -0.3 is 10.1 Å². The number of rotatable bonds is 6. The molecule has 22 heavy (non-hydrogen) atoms. The number of nitrogens with one attached hydrogen (secondary N) is 2. The molecule has 0 atom stereocenters. The van der Waals surface area contributed by atoms with Crippen LogP contribution in [0.3, 0.4) is 0 Å². The van der Waals surface area contributed by atoms with Gasteiger partial charge in [0.25, 0.3) is 0 Å². The lowest BCUT2D eigenvalue weighted by Gasteiger charge is -2.09. The monoisotopic (exact) mass is 293 g/mol. The molecule has 0 fully saturated rings. The van der Waals surface area contributed by atoms with E-state index < -0.39 is 0 Å². The van der Waals surface area contributed by atoms with Gasteiger partial charge >= 0.3 is 0 Å². The molecule has 0 bridgehead atoms. The third kappa shape index (κ3) is 3.35. The topological polar surface area (TPSA) is 49.9 Å². The van der Waals surface area contributed by atoms with Crippen molar-refractivity contribution in [1.82, 2.24) is 15.5 Å². The molecule has 0 aliphatic rings. The first-order valence-corrected chi connectivity index (χ1v) is 7.34. The Labute approximate surface area is 130 Å². The molecule has 0 spiro atoms. The summed E-state index contributed by atoms with van der Waals surface area (Å²) in [7, 11) is 1.92. The summed E-state index contributed by atoms with van der Waals surface area (Å²) in [6.45, 7) is 1.49. The lowest BCUT2D eigenvalue weighted by molar-refractivity contribution is 0.318. The molecule has 3 rings (SSSR count). The maximum absolute atomic E-state index is 5.73. The van der Waals surface area contributed by atoms with Crippen LogP contribution in [0.4, 0.5) is 0 Å². The van der Waals surface area contributed by atoms with E-state index in [1.807, 2.05) is 25.2 Å². The SMILES string of the molecule is CNCCOc1cccc(-c2cccc(-c3ccn[nH]3)c2)c1. The summed E-state index contributed by atoms with van der Waals surface area (Å²) in [5, 5.41) is 10.1. The van der Waals surface area contributed by atoms with Crippen LogP contribution in [0.1, 0.15) is 0 Å². The molecule has 0 unspecified atom stereocenters. The normalized spacial score (nSPS) is 10.6. The number of H-pyrrole nitrogens is 1. The fourth-order valence-electron chi connectivity index (χ4n) is 2.32. The quantitative estimate of drug-likeness (QED) is 0.685. The van der Waals surface area contributed by atoms with Crippen LogP contribution in [0.25, 0.3) is 22.4 Å². The Bertz CT molecular complexity index is 723. The van der Waals surface area contributed by atoms with Crippen molar-refractivity contribution in [2.75, 3.05) is 20.2 Å². The molecule has 0 aliphatic carbocycles.